The molecule has 94 valence electrons. The van der Waals surface area contributed by atoms with Gasteiger partial charge in [0.2, 0.25) is 0 Å². The van der Waals surface area contributed by atoms with E-state index in [1.807, 2.05) is 16.8 Å². The maximum absolute atomic E-state index is 13.2. The third kappa shape index (κ3) is 1.93. The van der Waals surface area contributed by atoms with E-state index in [9.17, 15) is 9.50 Å². The number of fused-ring (bicyclic) bond motifs is 1. The Morgan fingerprint density at radius 1 is 1.44 bits per heavy atom. The first kappa shape index (κ1) is 11.4. The maximum atomic E-state index is 13.2. The molecule has 0 radical (unpaired) electrons. The Kier molecular flexibility index (Phi) is 2.88. The van der Waals surface area contributed by atoms with E-state index in [2.05, 4.69) is 4.98 Å². The van der Waals surface area contributed by atoms with Gasteiger partial charge < -0.3 is 9.67 Å². The van der Waals surface area contributed by atoms with Gasteiger partial charge in [-0.2, -0.15) is 0 Å². The Morgan fingerprint density at radius 3 is 3.11 bits per heavy atom. The molecule has 1 aromatic heterocycles. The summed E-state index contributed by atoms with van der Waals surface area (Å²) in [5.74, 6) is 0.733. The summed E-state index contributed by atoms with van der Waals surface area (Å²) in [5.41, 5.74) is 1.57. The summed E-state index contributed by atoms with van der Waals surface area (Å²) in [7, 11) is 0. The fourth-order valence-electron chi connectivity index (χ4n) is 2.53. The predicted molar refractivity (Wildman–Crippen MR) is 66.7 cm³/mol. The van der Waals surface area contributed by atoms with Crippen LogP contribution in [-0.2, 0) is 6.42 Å². The molecule has 1 N–H and O–H groups in total. The Balaban J connectivity index is 2.02. The number of aromatic nitrogens is 2. The second-order valence-corrected chi connectivity index (χ2v) is 4.69. The van der Waals surface area contributed by atoms with Crippen molar-refractivity contribution >= 4 is 0 Å². The van der Waals surface area contributed by atoms with Crippen molar-refractivity contribution < 1.29 is 9.50 Å². The highest BCUT2D eigenvalue weighted by Gasteiger charge is 2.21. The van der Waals surface area contributed by atoms with Gasteiger partial charge in [0.15, 0.2) is 0 Å². The molecule has 3 rings (SSSR count). The van der Waals surface area contributed by atoms with Crippen molar-refractivity contribution in [3.63, 3.8) is 0 Å². The lowest BCUT2D eigenvalue weighted by molar-refractivity contribution is 0.206. The minimum absolute atomic E-state index is 0.114. The molecule has 0 aliphatic carbocycles. The normalized spacial score (nSPS) is 18.7. The van der Waals surface area contributed by atoms with Gasteiger partial charge in [0.1, 0.15) is 11.6 Å². The van der Waals surface area contributed by atoms with Crippen LogP contribution in [0.2, 0.25) is 0 Å². The Hall–Kier alpha value is -1.68. The standard InChI is InChI=1S/C14H15FN2O/c15-11-4-1-3-10(7-11)13-8-17-12(9-18)5-2-6-14(17)16-13/h1,3-4,7-8,12,18H,2,5-6,9H2. The van der Waals surface area contributed by atoms with Crippen LogP contribution in [0.3, 0.4) is 0 Å². The van der Waals surface area contributed by atoms with Gasteiger partial charge in [0, 0.05) is 18.2 Å². The molecule has 1 aromatic carbocycles. The molecule has 2 aromatic rings. The van der Waals surface area contributed by atoms with Crippen LogP contribution in [0.4, 0.5) is 4.39 Å². The highest BCUT2D eigenvalue weighted by Crippen LogP contribution is 2.28. The summed E-state index contributed by atoms with van der Waals surface area (Å²) >= 11 is 0. The number of imidazole rings is 1. The quantitative estimate of drug-likeness (QED) is 0.884. The van der Waals surface area contributed by atoms with Crippen molar-refractivity contribution in [1.29, 1.82) is 0 Å². The molecule has 3 nitrogen and oxygen atoms in total. The van der Waals surface area contributed by atoms with Crippen molar-refractivity contribution in [3.05, 3.63) is 42.1 Å². The third-order valence-corrected chi connectivity index (χ3v) is 3.47. The Labute approximate surface area is 105 Å². The number of hydrogen-bond donors (Lipinski definition) is 1. The smallest absolute Gasteiger partial charge is 0.123 e. The zero-order valence-corrected chi connectivity index (χ0v) is 10.0. The fourth-order valence-corrected chi connectivity index (χ4v) is 2.53. The lowest BCUT2D eigenvalue weighted by atomic mass is 10.1. The number of benzene rings is 1. The van der Waals surface area contributed by atoms with Crippen LogP contribution in [0.15, 0.2) is 30.5 Å². The van der Waals surface area contributed by atoms with Crippen molar-refractivity contribution in [1.82, 2.24) is 9.55 Å². The minimum Gasteiger partial charge on any atom is -0.394 e. The summed E-state index contributed by atoms with van der Waals surface area (Å²) < 4.78 is 15.2. The molecule has 1 aliphatic heterocycles. The summed E-state index contributed by atoms with van der Waals surface area (Å²) in [6.07, 6.45) is 4.86. The SMILES string of the molecule is OCC1CCCc2nc(-c3cccc(F)c3)cn21. The molecule has 0 amide bonds. The Morgan fingerprint density at radius 2 is 2.33 bits per heavy atom. The van der Waals surface area contributed by atoms with Crippen LogP contribution < -0.4 is 0 Å². The van der Waals surface area contributed by atoms with Gasteiger partial charge in [0.25, 0.3) is 0 Å². The van der Waals surface area contributed by atoms with Gasteiger partial charge in [0.05, 0.1) is 18.3 Å². The zero-order valence-electron chi connectivity index (χ0n) is 10.0. The van der Waals surface area contributed by atoms with Crippen LogP contribution in [0, 0.1) is 5.82 Å². The van der Waals surface area contributed by atoms with Crippen LogP contribution >= 0.6 is 0 Å². The van der Waals surface area contributed by atoms with E-state index in [-0.39, 0.29) is 18.5 Å². The summed E-state index contributed by atoms with van der Waals surface area (Å²) in [4.78, 5) is 4.55. The van der Waals surface area contributed by atoms with E-state index < -0.39 is 0 Å². The summed E-state index contributed by atoms with van der Waals surface area (Å²) in [6, 6.07) is 6.57. The lowest BCUT2D eigenvalue weighted by Crippen LogP contribution is -2.20. The molecule has 1 unspecified atom stereocenters. The second-order valence-electron chi connectivity index (χ2n) is 4.69. The fraction of sp³-hybridized carbons (Fsp3) is 0.357. The minimum atomic E-state index is -0.253. The summed E-state index contributed by atoms with van der Waals surface area (Å²) in [6.45, 7) is 0.131. The third-order valence-electron chi connectivity index (χ3n) is 3.47. The van der Waals surface area contributed by atoms with Crippen LogP contribution in [0.1, 0.15) is 24.7 Å². The van der Waals surface area contributed by atoms with Gasteiger partial charge in [-0.25, -0.2) is 9.37 Å². The lowest BCUT2D eigenvalue weighted by Gasteiger charge is -2.22. The van der Waals surface area contributed by atoms with Crippen LogP contribution in [0.25, 0.3) is 11.3 Å². The van der Waals surface area contributed by atoms with Crippen LogP contribution in [0.5, 0.6) is 0 Å². The number of rotatable bonds is 2. The molecule has 1 aliphatic rings. The van der Waals surface area contributed by atoms with E-state index in [1.54, 1.807) is 6.07 Å². The molecule has 18 heavy (non-hydrogen) atoms. The topological polar surface area (TPSA) is 38.1 Å². The number of aliphatic hydroxyl groups excluding tert-OH is 1. The molecule has 0 bridgehead atoms. The zero-order chi connectivity index (χ0) is 12.5. The molecule has 2 heterocycles. The maximum Gasteiger partial charge on any atom is 0.123 e. The predicted octanol–water partition coefficient (Wildman–Crippen LogP) is 2.56. The van der Waals surface area contributed by atoms with Crippen molar-refractivity contribution in [2.75, 3.05) is 6.61 Å². The van der Waals surface area contributed by atoms with Gasteiger partial charge in [-0.05, 0) is 25.0 Å². The van der Waals surface area contributed by atoms with E-state index in [0.29, 0.717) is 0 Å². The number of halogens is 1. The van der Waals surface area contributed by atoms with Crippen molar-refractivity contribution in [2.45, 2.75) is 25.3 Å². The molecule has 0 saturated heterocycles. The average molecular weight is 246 g/mol. The molecule has 0 spiro atoms. The highest BCUT2D eigenvalue weighted by atomic mass is 19.1. The van der Waals surface area contributed by atoms with Gasteiger partial charge in [-0.15, -0.1) is 0 Å². The first-order valence-electron chi connectivity index (χ1n) is 6.22. The van der Waals surface area contributed by atoms with Gasteiger partial charge in [-0.3, -0.25) is 0 Å². The Bertz CT molecular complexity index is 565. The largest absolute Gasteiger partial charge is 0.394 e. The highest BCUT2D eigenvalue weighted by molar-refractivity contribution is 5.58. The number of nitrogens with zero attached hydrogens (tertiary/aromatic N) is 2. The molecular weight excluding hydrogens is 231 g/mol. The van der Waals surface area contributed by atoms with E-state index in [4.69, 9.17) is 0 Å². The number of hydrogen-bond acceptors (Lipinski definition) is 2. The first-order valence-corrected chi connectivity index (χ1v) is 6.22. The van der Waals surface area contributed by atoms with E-state index >= 15 is 0 Å². The molecule has 4 heteroatoms. The molecule has 0 fully saturated rings. The monoisotopic (exact) mass is 246 g/mol. The van der Waals surface area contributed by atoms with Crippen molar-refractivity contribution in [3.8, 4) is 11.3 Å². The second kappa shape index (κ2) is 4.53. The first-order chi connectivity index (χ1) is 8.78. The summed E-state index contributed by atoms with van der Waals surface area (Å²) in [5, 5.41) is 9.35. The van der Waals surface area contributed by atoms with Crippen LogP contribution in [-0.4, -0.2) is 21.3 Å². The number of aryl methyl sites for hydroxylation is 1. The number of aliphatic hydroxyl groups is 1. The molecule has 1 atom stereocenters. The van der Waals surface area contributed by atoms with Crippen molar-refractivity contribution in [2.24, 2.45) is 0 Å². The molecular formula is C14H15FN2O. The van der Waals surface area contributed by atoms with E-state index in [1.165, 1.54) is 12.1 Å². The average Bonchev–Trinajstić information content (AvgIpc) is 2.82. The van der Waals surface area contributed by atoms with Gasteiger partial charge in [-0.1, -0.05) is 12.1 Å². The van der Waals surface area contributed by atoms with Gasteiger partial charge >= 0.3 is 0 Å². The van der Waals surface area contributed by atoms with E-state index in [0.717, 1.165) is 36.3 Å². The molecule has 0 saturated carbocycles.